The number of nitrogens with one attached hydrogen (secondary N) is 1. The molecule has 0 radical (unpaired) electrons. The van der Waals surface area contributed by atoms with Crippen LogP contribution in [0.15, 0.2) is 18.2 Å². The lowest BCUT2D eigenvalue weighted by molar-refractivity contribution is 0.286. The molecule has 0 saturated carbocycles. The van der Waals surface area contributed by atoms with Crippen LogP contribution in [0.4, 0.5) is 0 Å². The molecule has 0 aliphatic rings. The summed E-state index contributed by atoms with van der Waals surface area (Å²) >= 11 is 0. The van der Waals surface area contributed by atoms with E-state index in [1.165, 1.54) is 16.7 Å². The van der Waals surface area contributed by atoms with E-state index in [4.69, 9.17) is 5.11 Å². The summed E-state index contributed by atoms with van der Waals surface area (Å²) in [4.78, 5) is 0. The van der Waals surface area contributed by atoms with Gasteiger partial charge in [-0.3, -0.25) is 0 Å². The molecule has 2 N–H and O–H groups in total. The first kappa shape index (κ1) is 11.2. The van der Waals surface area contributed by atoms with Crippen molar-refractivity contribution in [1.29, 1.82) is 0 Å². The van der Waals surface area contributed by atoms with Gasteiger partial charge in [-0.2, -0.15) is 0 Å². The maximum Gasteiger partial charge on any atom is 0.0556 e. The van der Waals surface area contributed by atoms with Crippen molar-refractivity contribution in [3.8, 4) is 0 Å². The van der Waals surface area contributed by atoms with Crippen LogP contribution in [0.5, 0.6) is 0 Å². The van der Waals surface area contributed by atoms with Crippen LogP contribution in [-0.4, -0.2) is 18.3 Å². The first-order chi connectivity index (χ1) is 6.65. The van der Waals surface area contributed by atoms with Crippen LogP contribution in [0, 0.1) is 13.8 Å². The summed E-state index contributed by atoms with van der Waals surface area (Å²) in [6, 6.07) is 6.78. The topological polar surface area (TPSA) is 32.3 Å². The Kier molecular flexibility index (Phi) is 4.11. The fourth-order valence-corrected chi connectivity index (χ4v) is 1.43. The first-order valence-electron chi connectivity index (χ1n) is 5.06. The summed E-state index contributed by atoms with van der Waals surface area (Å²) < 4.78 is 0. The Hall–Kier alpha value is -0.860. The van der Waals surface area contributed by atoms with Gasteiger partial charge in [0.2, 0.25) is 0 Å². The van der Waals surface area contributed by atoms with Crippen LogP contribution in [0.1, 0.15) is 29.7 Å². The van der Waals surface area contributed by atoms with E-state index in [0.717, 1.165) is 0 Å². The van der Waals surface area contributed by atoms with Gasteiger partial charge in [0.1, 0.15) is 0 Å². The molecule has 2 nitrogen and oxygen atoms in total. The van der Waals surface area contributed by atoms with Crippen LogP contribution in [0.25, 0.3) is 0 Å². The van der Waals surface area contributed by atoms with Gasteiger partial charge in [-0.05, 0) is 37.5 Å². The second-order valence-electron chi connectivity index (χ2n) is 3.74. The molecule has 1 aromatic rings. The van der Waals surface area contributed by atoms with Gasteiger partial charge in [0.25, 0.3) is 0 Å². The highest BCUT2D eigenvalue weighted by Crippen LogP contribution is 2.16. The first-order valence-corrected chi connectivity index (χ1v) is 5.06. The molecule has 0 fully saturated rings. The van der Waals surface area contributed by atoms with E-state index in [9.17, 15) is 0 Å². The van der Waals surface area contributed by atoms with E-state index < -0.39 is 0 Å². The fourth-order valence-electron chi connectivity index (χ4n) is 1.43. The van der Waals surface area contributed by atoms with E-state index in [1.54, 1.807) is 0 Å². The summed E-state index contributed by atoms with van der Waals surface area (Å²) in [6.45, 7) is 7.19. The van der Waals surface area contributed by atoms with Crippen molar-refractivity contribution in [2.75, 3.05) is 13.2 Å². The molecule has 78 valence electrons. The Morgan fingerprint density at radius 3 is 2.57 bits per heavy atom. The maximum atomic E-state index is 8.70. The molecule has 2 heteroatoms. The summed E-state index contributed by atoms with van der Waals surface area (Å²) in [5, 5.41) is 11.9. The average molecular weight is 193 g/mol. The van der Waals surface area contributed by atoms with E-state index in [-0.39, 0.29) is 6.61 Å². The van der Waals surface area contributed by atoms with Gasteiger partial charge in [-0.15, -0.1) is 0 Å². The zero-order valence-corrected chi connectivity index (χ0v) is 9.17. The predicted octanol–water partition coefficient (Wildman–Crippen LogP) is 1.95. The minimum Gasteiger partial charge on any atom is -0.395 e. The third kappa shape index (κ3) is 2.82. The third-order valence-corrected chi connectivity index (χ3v) is 2.59. The van der Waals surface area contributed by atoms with Crippen LogP contribution in [0.2, 0.25) is 0 Å². The van der Waals surface area contributed by atoms with Crippen LogP contribution >= 0.6 is 0 Å². The normalized spacial score (nSPS) is 12.9. The van der Waals surface area contributed by atoms with Gasteiger partial charge in [-0.25, -0.2) is 0 Å². The van der Waals surface area contributed by atoms with Crippen molar-refractivity contribution >= 4 is 0 Å². The van der Waals surface area contributed by atoms with Crippen molar-refractivity contribution in [2.24, 2.45) is 0 Å². The molecule has 0 heterocycles. The van der Waals surface area contributed by atoms with Crippen LogP contribution < -0.4 is 5.32 Å². The minimum absolute atomic E-state index is 0.190. The maximum absolute atomic E-state index is 8.70. The predicted molar refractivity (Wildman–Crippen MR) is 59.4 cm³/mol. The van der Waals surface area contributed by atoms with Crippen molar-refractivity contribution in [3.63, 3.8) is 0 Å². The molecule has 0 bridgehead atoms. The summed E-state index contributed by atoms with van der Waals surface area (Å²) in [5.74, 6) is 0. The van der Waals surface area contributed by atoms with Gasteiger partial charge < -0.3 is 10.4 Å². The van der Waals surface area contributed by atoms with Gasteiger partial charge >= 0.3 is 0 Å². The lowest BCUT2D eigenvalue weighted by Gasteiger charge is -2.14. The van der Waals surface area contributed by atoms with Crippen LogP contribution in [-0.2, 0) is 0 Å². The molecule has 0 aliphatic carbocycles. The van der Waals surface area contributed by atoms with Crippen molar-refractivity contribution < 1.29 is 5.11 Å². The SMILES string of the molecule is Cc1ccc([C@H](C)NCCO)cc1C. The number of aliphatic hydroxyl groups excluding tert-OH is 1. The van der Waals surface area contributed by atoms with E-state index in [0.29, 0.717) is 12.6 Å². The Bertz CT molecular complexity index is 296. The van der Waals surface area contributed by atoms with E-state index in [2.05, 4.69) is 44.3 Å². The molecule has 0 unspecified atom stereocenters. The van der Waals surface area contributed by atoms with Gasteiger partial charge in [0.15, 0.2) is 0 Å². The second-order valence-corrected chi connectivity index (χ2v) is 3.74. The highest BCUT2D eigenvalue weighted by molar-refractivity contribution is 5.31. The molecule has 0 aliphatic heterocycles. The Morgan fingerprint density at radius 1 is 1.29 bits per heavy atom. The number of hydrogen-bond donors (Lipinski definition) is 2. The molecule has 1 rings (SSSR count). The number of rotatable bonds is 4. The molecule has 0 aromatic heterocycles. The lowest BCUT2D eigenvalue weighted by Crippen LogP contribution is -2.22. The standard InChI is InChI=1S/C12H19NO/c1-9-4-5-12(8-10(9)2)11(3)13-6-7-14/h4-5,8,11,13-14H,6-7H2,1-3H3/t11-/m0/s1. The van der Waals surface area contributed by atoms with Crippen molar-refractivity contribution in [1.82, 2.24) is 5.32 Å². The molecular formula is C12H19NO. The van der Waals surface area contributed by atoms with Crippen LogP contribution in [0.3, 0.4) is 0 Å². The molecule has 0 amide bonds. The highest BCUT2D eigenvalue weighted by atomic mass is 16.3. The summed E-state index contributed by atoms with van der Waals surface area (Å²) in [6.07, 6.45) is 0. The number of aliphatic hydroxyl groups is 1. The monoisotopic (exact) mass is 193 g/mol. The highest BCUT2D eigenvalue weighted by Gasteiger charge is 2.04. The molecular weight excluding hydrogens is 174 g/mol. The quantitative estimate of drug-likeness (QED) is 0.766. The molecule has 14 heavy (non-hydrogen) atoms. The average Bonchev–Trinajstić information content (AvgIpc) is 2.18. The minimum atomic E-state index is 0.190. The fraction of sp³-hybridized carbons (Fsp3) is 0.500. The van der Waals surface area contributed by atoms with Gasteiger partial charge in [0, 0.05) is 12.6 Å². The van der Waals surface area contributed by atoms with Crippen molar-refractivity contribution in [3.05, 3.63) is 34.9 Å². The zero-order chi connectivity index (χ0) is 10.6. The Balaban J connectivity index is 2.70. The van der Waals surface area contributed by atoms with Gasteiger partial charge in [-0.1, -0.05) is 18.2 Å². The summed E-state index contributed by atoms with van der Waals surface area (Å²) in [7, 11) is 0. The molecule has 0 spiro atoms. The molecule has 1 atom stereocenters. The Morgan fingerprint density at radius 2 is 2.00 bits per heavy atom. The van der Waals surface area contributed by atoms with Crippen molar-refractivity contribution in [2.45, 2.75) is 26.8 Å². The second kappa shape index (κ2) is 5.13. The molecule has 0 saturated heterocycles. The third-order valence-electron chi connectivity index (χ3n) is 2.59. The molecule has 1 aromatic carbocycles. The van der Waals surface area contributed by atoms with Gasteiger partial charge in [0.05, 0.1) is 6.61 Å². The Labute approximate surface area is 86.0 Å². The zero-order valence-electron chi connectivity index (χ0n) is 9.17. The van der Waals surface area contributed by atoms with E-state index >= 15 is 0 Å². The number of hydrogen-bond acceptors (Lipinski definition) is 2. The van der Waals surface area contributed by atoms with E-state index in [1.807, 2.05) is 0 Å². The lowest BCUT2D eigenvalue weighted by atomic mass is 10.0. The summed E-state index contributed by atoms with van der Waals surface area (Å²) in [5.41, 5.74) is 3.92. The number of benzene rings is 1. The number of aryl methyl sites for hydroxylation is 2. The smallest absolute Gasteiger partial charge is 0.0556 e. The largest absolute Gasteiger partial charge is 0.395 e.